The van der Waals surface area contributed by atoms with E-state index in [2.05, 4.69) is 15.6 Å². The maximum atomic E-state index is 13.5. The van der Waals surface area contributed by atoms with Gasteiger partial charge in [0.25, 0.3) is 5.91 Å². The summed E-state index contributed by atoms with van der Waals surface area (Å²) < 4.78 is 28.2. The Bertz CT molecular complexity index is 1510. The van der Waals surface area contributed by atoms with E-state index in [1.54, 1.807) is 29.1 Å². The Morgan fingerprint density at radius 3 is 2.90 bits per heavy atom. The molecule has 2 atom stereocenters. The van der Waals surface area contributed by atoms with E-state index >= 15 is 0 Å². The number of hydrogen-bond acceptors (Lipinski definition) is 3. The molecule has 0 aliphatic carbocycles. The smallest absolute Gasteiger partial charge is 0.254 e. The molecule has 6 nitrogen and oxygen atoms in total. The van der Waals surface area contributed by atoms with Crippen LogP contribution < -0.4 is 0 Å². The molecule has 0 spiro atoms. The molecule has 0 unspecified atom stereocenters. The minimum absolute atomic E-state index is 0.294. The molecule has 1 amide bonds. The Morgan fingerprint density at radius 2 is 2.13 bits per heavy atom. The van der Waals surface area contributed by atoms with Crippen LogP contribution in [0.2, 0.25) is 0 Å². The molecule has 0 radical (unpaired) electrons. The van der Waals surface area contributed by atoms with Crippen LogP contribution in [-0.4, -0.2) is 37.1 Å². The van der Waals surface area contributed by atoms with Crippen LogP contribution in [0, 0.1) is 12.3 Å². The van der Waals surface area contributed by atoms with E-state index in [0.717, 1.165) is 27.1 Å². The van der Waals surface area contributed by atoms with Crippen LogP contribution in [0.5, 0.6) is 0 Å². The van der Waals surface area contributed by atoms with E-state index in [0.29, 0.717) is 28.9 Å². The molecule has 2 bridgehead atoms. The number of aromatic nitrogens is 4. The molecule has 30 heavy (non-hydrogen) atoms. The highest BCUT2D eigenvalue weighted by molar-refractivity contribution is 5.98. The lowest BCUT2D eigenvalue weighted by atomic mass is 9.93. The van der Waals surface area contributed by atoms with Crippen LogP contribution in [0.3, 0.4) is 0 Å². The third-order valence-electron chi connectivity index (χ3n) is 6.17. The van der Waals surface area contributed by atoms with Crippen LogP contribution >= 0.6 is 0 Å². The van der Waals surface area contributed by atoms with Crippen LogP contribution in [0.25, 0.3) is 22.2 Å². The molecule has 6 heteroatoms. The third kappa shape index (κ3) is 2.12. The number of carbonyl (C=O) groups is 1. The fraction of sp³-hybridized carbons (Fsp3) is 0.208. The van der Waals surface area contributed by atoms with Gasteiger partial charge in [-0.2, -0.15) is 5.10 Å². The molecular weight excluding hydrogens is 374 g/mol. The Labute approximate surface area is 178 Å². The summed E-state index contributed by atoms with van der Waals surface area (Å²) in [6, 6.07) is 10.1. The monoisotopic (exact) mass is 396 g/mol. The fourth-order valence-electron chi connectivity index (χ4n) is 4.82. The van der Waals surface area contributed by atoms with Gasteiger partial charge in [-0.3, -0.25) is 9.48 Å². The van der Waals surface area contributed by atoms with Crippen molar-refractivity contribution in [3.8, 4) is 23.5 Å². The first-order chi connectivity index (χ1) is 15.8. The van der Waals surface area contributed by atoms with Gasteiger partial charge in [0, 0.05) is 53.0 Å². The van der Waals surface area contributed by atoms with Crippen LogP contribution in [0.15, 0.2) is 48.8 Å². The Hall–Kier alpha value is -3.85. The first-order valence-electron chi connectivity index (χ1n) is 11.2. The molecule has 0 fully saturated rings. The fourth-order valence-corrected chi connectivity index (χ4v) is 4.82. The van der Waals surface area contributed by atoms with Crippen LogP contribution in [0.4, 0.5) is 0 Å². The largest absolute Gasteiger partial charge is 0.331 e. The van der Waals surface area contributed by atoms with Crippen molar-refractivity contribution in [2.75, 3.05) is 6.98 Å². The standard InChI is InChI=1S/C24H19N5O/c1-4-14-6-5-7-17-22(14)20-11-21(28(3)24(17)30)23-26-18-9-8-15(10-19(18)29(20)23)16-12-25-27(2)13-16/h1,5-10,12-13,20-21H,11H2,2-3H3/t20-,21-/m1/s1/i3D3. The van der Waals surface area contributed by atoms with Gasteiger partial charge in [-0.05, 0) is 29.8 Å². The molecule has 4 heterocycles. The predicted molar refractivity (Wildman–Crippen MR) is 114 cm³/mol. The highest BCUT2D eigenvalue weighted by Crippen LogP contribution is 2.48. The minimum atomic E-state index is -2.62. The topological polar surface area (TPSA) is 56.0 Å². The molecule has 6 rings (SSSR count). The maximum absolute atomic E-state index is 13.5. The normalized spacial score (nSPS) is 21.4. The van der Waals surface area contributed by atoms with E-state index in [1.165, 1.54) is 0 Å². The maximum Gasteiger partial charge on any atom is 0.254 e. The number of benzene rings is 2. The summed E-state index contributed by atoms with van der Waals surface area (Å²) in [7, 11) is 1.86. The Balaban J connectivity index is 1.66. The van der Waals surface area contributed by atoms with E-state index in [-0.39, 0.29) is 6.04 Å². The zero-order valence-corrected chi connectivity index (χ0v) is 16.2. The van der Waals surface area contributed by atoms with Crippen molar-refractivity contribution in [1.29, 1.82) is 0 Å². The van der Waals surface area contributed by atoms with Crippen LogP contribution in [-0.2, 0) is 7.05 Å². The summed E-state index contributed by atoms with van der Waals surface area (Å²) in [5.74, 6) is 2.73. The molecule has 2 aromatic heterocycles. The summed E-state index contributed by atoms with van der Waals surface area (Å²) in [5.41, 5.74) is 5.18. The SMILES string of the molecule is [2H]C([2H])([2H])N1C(=O)c2cccc(C#C)c2[C@H]2C[C@@H]1c1nc3ccc(-c4cnn(C)c4)cc3n12. The van der Waals surface area contributed by atoms with Crippen molar-refractivity contribution in [3.63, 3.8) is 0 Å². The van der Waals surface area contributed by atoms with Crippen molar-refractivity contribution >= 4 is 16.9 Å². The Morgan fingerprint density at radius 1 is 1.23 bits per heavy atom. The minimum Gasteiger partial charge on any atom is -0.331 e. The molecule has 4 aromatic rings. The molecule has 146 valence electrons. The molecule has 0 N–H and O–H groups in total. The van der Waals surface area contributed by atoms with Crippen molar-refractivity contribution in [2.24, 2.45) is 7.05 Å². The van der Waals surface area contributed by atoms with Gasteiger partial charge >= 0.3 is 0 Å². The number of terminal acetylenes is 1. The lowest BCUT2D eigenvalue weighted by molar-refractivity contribution is 0.0734. The number of nitrogens with zero attached hydrogens (tertiary/aromatic N) is 5. The number of rotatable bonds is 1. The zero-order chi connectivity index (χ0) is 23.1. The summed E-state index contributed by atoms with van der Waals surface area (Å²) in [6.07, 6.45) is 9.95. The number of aryl methyl sites for hydroxylation is 1. The molecule has 0 saturated heterocycles. The number of fused-ring (bicyclic) bond motifs is 9. The third-order valence-corrected chi connectivity index (χ3v) is 6.17. The van der Waals surface area contributed by atoms with Crippen molar-refractivity contribution in [2.45, 2.75) is 18.5 Å². The quantitative estimate of drug-likeness (QED) is 0.463. The first-order valence-corrected chi connectivity index (χ1v) is 9.72. The average molecular weight is 396 g/mol. The van der Waals surface area contributed by atoms with Gasteiger partial charge in [0.05, 0.1) is 29.3 Å². The molecule has 0 saturated carbocycles. The second-order valence-electron chi connectivity index (χ2n) is 7.80. The molecule has 2 aliphatic rings. The number of hydrogen-bond donors (Lipinski definition) is 0. The summed E-state index contributed by atoms with van der Waals surface area (Å²) in [4.78, 5) is 19.2. The first kappa shape index (κ1) is 14.2. The zero-order valence-electron chi connectivity index (χ0n) is 19.2. The highest BCUT2D eigenvalue weighted by Gasteiger charge is 2.44. The second-order valence-corrected chi connectivity index (χ2v) is 7.80. The van der Waals surface area contributed by atoms with Crippen molar-refractivity contribution in [3.05, 3.63) is 71.3 Å². The van der Waals surface area contributed by atoms with Gasteiger partial charge in [-0.15, -0.1) is 6.42 Å². The van der Waals surface area contributed by atoms with E-state index in [9.17, 15) is 4.79 Å². The van der Waals surface area contributed by atoms with E-state index in [1.807, 2.05) is 31.4 Å². The number of amides is 1. The number of carbonyl (C=O) groups excluding carboxylic acids is 1. The van der Waals surface area contributed by atoms with E-state index < -0.39 is 18.9 Å². The van der Waals surface area contributed by atoms with Gasteiger partial charge in [0.1, 0.15) is 5.82 Å². The van der Waals surface area contributed by atoms with E-state index in [4.69, 9.17) is 15.5 Å². The van der Waals surface area contributed by atoms with Gasteiger partial charge in [0.2, 0.25) is 0 Å². The lowest BCUT2D eigenvalue weighted by Gasteiger charge is -2.24. The predicted octanol–water partition coefficient (Wildman–Crippen LogP) is 3.54. The summed E-state index contributed by atoms with van der Waals surface area (Å²) >= 11 is 0. The Kier molecular flexibility index (Phi) is 2.76. The van der Waals surface area contributed by atoms with Crippen molar-refractivity contribution in [1.82, 2.24) is 24.2 Å². The van der Waals surface area contributed by atoms with Gasteiger partial charge in [-0.1, -0.05) is 18.1 Å². The molecular formula is C24H19N5O. The average Bonchev–Trinajstić information content (AvgIpc) is 3.44. The van der Waals surface area contributed by atoms with Crippen molar-refractivity contribution < 1.29 is 8.91 Å². The lowest BCUT2D eigenvalue weighted by Crippen LogP contribution is -2.30. The molecule has 2 aliphatic heterocycles. The summed E-state index contributed by atoms with van der Waals surface area (Å²) in [6.45, 7) is -2.62. The van der Waals surface area contributed by atoms with Gasteiger partial charge in [0.15, 0.2) is 0 Å². The van der Waals surface area contributed by atoms with Gasteiger partial charge in [-0.25, -0.2) is 4.98 Å². The van der Waals surface area contributed by atoms with Crippen LogP contribution in [0.1, 0.15) is 49.9 Å². The van der Waals surface area contributed by atoms with Gasteiger partial charge < -0.3 is 9.47 Å². The molecule has 2 aromatic carbocycles. The second kappa shape index (κ2) is 5.83. The highest BCUT2D eigenvalue weighted by atomic mass is 16.2. The summed E-state index contributed by atoms with van der Waals surface area (Å²) in [5, 5.41) is 4.26. The number of imidazole rings is 1.